The molecule has 0 saturated heterocycles. The van der Waals surface area contributed by atoms with Crippen molar-refractivity contribution in [2.24, 2.45) is 11.3 Å². The molecule has 3 atom stereocenters. The van der Waals surface area contributed by atoms with Gasteiger partial charge in [-0.25, -0.2) is 4.39 Å². The van der Waals surface area contributed by atoms with Gasteiger partial charge in [-0.2, -0.15) is 0 Å². The summed E-state index contributed by atoms with van der Waals surface area (Å²) >= 11 is 0. The molecule has 3 heteroatoms. The molecule has 0 aromatic rings. The van der Waals surface area contributed by atoms with E-state index in [-0.39, 0.29) is 12.3 Å². The second-order valence-electron chi connectivity index (χ2n) is 3.33. The summed E-state index contributed by atoms with van der Waals surface area (Å²) < 4.78 is 12.6. The maximum absolute atomic E-state index is 12.6. The summed E-state index contributed by atoms with van der Waals surface area (Å²) in [4.78, 5) is 10.5. The predicted octanol–water partition coefficient (Wildman–Crippen LogP) is 1.21. The number of carboxylic acids is 1. The van der Waals surface area contributed by atoms with Crippen LogP contribution in [-0.4, -0.2) is 17.2 Å². The van der Waals surface area contributed by atoms with E-state index in [4.69, 9.17) is 5.11 Å². The fourth-order valence-electron chi connectivity index (χ4n) is 2.12. The summed E-state index contributed by atoms with van der Waals surface area (Å²) in [5.41, 5.74) is -0.626. The maximum Gasteiger partial charge on any atom is 0.310 e. The van der Waals surface area contributed by atoms with Crippen molar-refractivity contribution in [1.82, 2.24) is 0 Å². The van der Waals surface area contributed by atoms with Crippen molar-refractivity contribution in [3.8, 4) is 0 Å². The lowest BCUT2D eigenvalue weighted by Gasteiger charge is -2.57. The first kappa shape index (κ1) is 6.13. The van der Waals surface area contributed by atoms with Crippen molar-refractivity contribution < 1.29 is 14.3 Å². The third-order valence-corrected chi connectivity index (χ3v) is 3.03. The van der Waals surface area contributed by atoms with Crippen LogP contribution in [0.3, 0.4) is 0 Å². The number of halogens is 1. The van der Waals surface area contributed by atoms with Gasteiger partial charge in [-0.15, -0.1) is 0 Å². The standard InChI is InChI=1S/C7H9FO2/c8-5-3-7(6(9)10)2-1-4(5)7/h4-5H,1-3H2,(H,9,10). The number of fused-ring (bicyclic) bond motifs is 1. The molecule has 2 aliphatic carbocycles. The summed E-state index contributed by atoms with van der Waals surface area (Å²) in [7, 11) is 0. The molecule has 2 rings (SSSR count). The maximum atomic E-state index is 12.6. The Morgan fingerprint density at radius 1 is 1.70 bits per heavy atom. The van der Waals surface area contributed by atoms with Crippen molar-refractivity contribution in [1.29, 1.82) is 0 Å². The van der Waals surface area contributed by atoms with Crippen LogP contribution in [0.4, 0.5) is 4.39 Å². The number of hydrogen-bond acceptors (Lipinski definition) is 1. The first-order chi connectivity index (χ1) is 4.67. The van der Waals surface area contributed by atoms with Crippen molar-refractivity contribution in [3.63, 3.8) is 0 Å². The average Bonchev–Trinajstić information content (AvgIpc) is 1.80. The van der Waals surface area contributed by atoms with Gasteiger partial charge >= 0.3 is 5.97 Å². The Morgan fingerprint density at radius 2 is 2.40 bits per heavy atom. The highest BCUT2D eigenvalue weighted by Crippen LogP contribution is 2.62. The Hall–Kier alpha value is -0.600. The largest absolute Gasteiger partial charge is 0.481 e. The predicted molar refractivity (Wildman–Crippen MR) is 32.3 cm³/mol. The number of carboxylic acid groups (broad SMARTS) is 1. The van der Waals surface area contributed by atoms with E-state index in [9.17, 15) is 9.18 Å². The third kappa shape index (κ3) is 0.435. The lowest BCUT2D eigenvalue weighted by molar-refractivity contribution is -0.193. The lowest BCUT2D eigenvalue weighted by atomic mass is 9.47. The van der Waals surface area contributed by atoms with Crippen molar-refractivity contribution >= 4 is 5.97 Å². The van der Waals surface area contributed by atoms with Gasteiger partial charge in [-0.3, -0.25) is 4.79 Å². The molecule has 0 aromatic heterocycles. The van der Waals surface area contributed by atoms with Gasteiger partial charge in [-0.05, 0) is 19.3 Å². The number of alkyl halides is 1. The second kappa shape index (κ2) is 1.52. The molecule has 0 radical (unpaired) electrons. The fourth-order valence-corrected chi connectivity index (χ4v) is 2.12. The third-order valence-electron chi connectivity index (χ3n) is 3.03. The molecule has 56 valence electrons. The van der Waals surface area contributed by atoms with Crippen LogP contribution in [0.1, 0.15) is 19.3 Å². The van der Waals surface area contributed by atoms with Gasteiger partial charge in [0.25, 0.3) is 0 Å². The minimum Gasteiger partial charge on any atom is -0.481 e. The Bertz CT molecular complexity index is 192. The fraction of sp³-hybridized carbons (Fsp3) is 0.857. The van der Waals surface area contributed by atoms with E-state index in [1.54, 1.807) is 0 Å². The molecule has 0 bridgehead atoms. The van der Waals surface area contributed by atoms with E-state index >= 15 is 0 Å². The van der Waals surface area contributed by atoms with E-state index in [0.29, 0.717) is 6.42 Å². The first-order valence-electron chi connectivity index (χ1n) is 3.54. The molecule has 0 amide bonds. The zero-order chi connectivity index (χ0) is 7.35. The molecular formula is C7H9FO2. The van der Waals surface area contributed by atoms with Crippen LogP contribution in [0.25, 0.3) is 0 Å². The number of carbonyl (C=O) groups is 1. The van der Waals surface area contributed by atoms with E-state index in [1.165, 1.54) is 0 Å². The monoisotopic (exact) mass is 144 g/mol. The normalized spacial score (nSPS) is 50.5. The van der Waals surface area contributed by atoms with Crippen molar-refractivity contribution in [3.05, 3.63) is 0 Å². The molecular weight excluding hydrogens is 135 g/mol. The summed E-state index contributed by atoms with van der Waals surface area (Å²) in [6, 6.07) is 0. The second-order valence-corrected chi connectivity index (χ2v) is 3.33. The average molecular weight is 144 g/mol. The first-order valence-corrected chi connectivity index (χ1v) is 3.54. The van der Waals surface area contributed by atoms with Crippen LogP contribution in [0.2, 0.25) is 0 Å². The highest BCUT2D eigenvalue weighted by molar-refractivity contribution is 5.78. The van der Waals surface area contributed by atoms with Crippen LogP contribution in [-0.2, 0) is 4.79 Å². The molecule has 0 heterocycles. The summed E-state index contributed by atoms with van der Waals surface area (Å²) in [6.45, 7) is 0. The smallest absolute Gasteiger partial charge is 0.310 e. The van der Waals surface area contributed by atoms with Crippen LogP contribution < -0.4 is 0 Å². The van der Waals surface area contributed by atoms with Gasteiger partial charge < -0.3 is 5.11 Å². The quantitative estimate of drug-likeness (QED) is 0.600. The van der Waals surface area contributed by atoms with Gasteiger partial charge in [0.05, 0.1) is 5.41 Å². The minimum atomic E-state index is -0.829. The summed E-state index contributed by atoms with van der Waals surface area (Å²) in [6.07, 6.45) is 0.887. The van der Waals surface area contributed by atoms with Crippen LogP contribution in [0.5, 0.6) is 0 Å². The van der Waals surface area contributed by atoms with E-state index in [1.807, 2.05) is 0 Å². The molecule has 3 unspecified atom stereocenters. The molecule has 1 N–H and O–H groups in total. The van der Waals surface area contributed by atoms with Gasteiger partial charge in [-0.1, -0.05) is 0 Å². The number of hydrogen-bond donors (Lipinski definition) is 1. The number of aliphatic carboxylic acids is 1. The minimum absolute atomic E-state index is 0.148. The highest BCUT2D eigenvalue weighted by Gasteiger charge is 2.65. The van der Waals surface area contributed by atoms with Crippen molar-refractivity contribution in [2.75, 3.05) is 0 Å². The Labute approximate surface area is 58.0 Å². The molecule has 10 heavy (non-hydrogen) atoms. The van der Waals surface area contributed by atoms with E-state index in [2.05, 4.69) is 0 Å². The molecule has 2 fully saturated rings. The Balaban J connectivity index is 2.14. The molecule has 0 spiro atoms. The zero-order valence-corrected chi connectivity index (χ0v) is 5.51. The van der Waals surface area contributed by atoms with Crippen molar-refractivity contribution in [2.45, 2.75) is 25.4 Å². The molecule has 2 nitrogen and oxygen atoms in total. The van der Waals surface area contributed by atoms with Crippen LogP contribution in [0.15, 0.2) is 0 Å². The highest BCUT2D eigenvalue weighted by atomic mass is 19.1. The zero-order valence-electron chi connectivity index (χ0n) is 5.51. The lowest BCUT2D eigenvalue weighted by Crippen LogP contribution is -2.61. The van der Waals surface area contributed by atoms with Gasteiger partial charge in [0, 0.05) is 5.92 Å². The topological polar surface area (TPSA) is 37.3 Å². The van der Waals surface area contributed by atoms with Gasteiger partial charge in [0.1, 0.15) is 6.17 Å². The SMILES string of the molecule is O=C(O)C12CCC1C(F)C2. The van der Waals surface area contributed by atoms with E-state index in [0.717, 1.165) is 6.42 Å². The molecule has 0 aromatic carbocycles. The van der Waals surface area contributed by atoms with Crippen LogP contribution in [0, 0.1) is 11.3 Å². The molecule has 0 aliphatic heterocycles. The van der Waals surface area contributed by atoms with Crippen LogP contribution >= 0.6 is 0 Å². The van der Waals surface area contributed by atoms with E-state index < -0.39 is 17.6 Å². The van der Waals surface area contributed by atoms with Gasteiger partial charge in [0.2, 0.25) is 0 Å². The number of rotatable bonds is 1. The molecule has 2 saturated carbocycles. The Morgan fingerprint density at radius 3 is 2.50 bits per heavy atom. The summed E-state index contributed by atoms with van der Waals surface area (Å²) in [5.74, 6) is -0.942. The Kier molecular flexibility index (Phi) is 0.932. The van der Waals surface area contributed by atoms with Gasteiger partial charge in [0.15, 0.2) is 0 Å². The summed E-state index contributed by atoms with van der Waals surface area (Å²) in [5, 5.41) is 8.67. The molecule has 2 aliphatic rings.